The molecular formula is C16H20FN3O3. The van der Waals surface area contributed by atoms with Gasteiger partial charge >= 0.3 is 0 Å². The fourth-order valence-corrected chi connectivity index (χ4v) is 2.18. The van der Waals surface area contributed by atoms with Crippen molar-refractivity contribution in [2.75, 3.05) is 19.7 Å². The number of aliphatic hydroxyl groups excluding tert-OH is 1. The van der Waals surface area contributed by atoms with Crippen LogP contribution in [-0.2, 0) is 0 Å². The van der Waals surface area contributed by atoms with Gasteiger partial charge in [0, 0.05) is 13.1 Å². The van der Waals surface area contributed by atoms with E-state index in [9.17, 15) is 14.3 Å². The van der Waals surface area contributed by atoms with Crippen molar-refractivity contribution in [3.63, 3.8) is 0 Å². The number of aromatic nitrogens is 2. The SMILES string of the molecule is CCCCN(CCO)C(=O)c1nn(-c2ccc(F)cc2)cc1O. The van der Waals surface area contributed by atoms with Crippen molar-refractivity contribution in [3.05, 3.63) is 42.0 Å². The van der Waals surface area contributed by atoms with Crippen molar-refractivity contribution in [1.82, 2.24) is 14.7 Å². The van der Waals surface area contributed by atoms with E-state index in [-0.39, 0.29) is 30.4 Å². The molecule has 6 nitrogen and oxygen atoms in total. The van der Waals surface area contributed by atoms with Crippen molar-refractivity contribution in [3.8, 4) is 11.4 Å². The first-order valence-corrected chi connectivity index (χ1v) is 7.51. The third-order valence-corrected chi connectivity index (χ3v) is 3.43. The predicted molar refractivity (Wildman–Crippen MR) is 83.1 cm³/mol. The Morgan fingerprint density at radius 2 is 2.00 bits per heavy atom. The minimum absolute atomic E-state index is 0.0844. The number of aromatic hydroxyl groups is 1. The molecule has 1 aromatic heterocycles. The number of halogens is 1. The van der Waals surface area contributed by atoms with E-state index in [0.29, 0.717) is 12.2 Å². The number of benzene rings is 1. The monoisotopic (exact) mass is 321 g/mol. The van der Waals surface area contributed by atoms with Crippen LogP contribution in [0.15, 0.2) is 30.5 Å². The lowest BCUT2D eigenvalue weighted by Crippen LogP contribution is -2.34. The minimum Gasteiger partial charge on any atom is -0.504 e. The van der Waals surface area contributed by atoms with Crippen LogP contribution >= 0.6 is 0 Å². The predicted octanol–water partition coefficient (Wildman–Crippen LogP) is 1.95. The number of nitrogens with zero attached hydrogens (tertiary/aromatic N) is 3. The quantitative estimate of drug-likeness (QED) is 0.817. The molecule has 0 saturated heterocycles. The van der Waals surface area contributed by atoms with E-state index < -0.39 is 5.91 Å². The van der Waals surface area contributed by atoms with Crippen LogP contribution in [0, 0.1) is 5.82 Å². The zero-order valence-electron chi connectivity index (χ0n) is 12.9. The second-order valence-corrected chi connectivity index (χ2v) is 5.15. The van der Waals surface area contributed by atoms with E-state index in [1.165, 1.54) is 40.0 Å². The zero-order chi connectivity index (χ0) is 16.8. The first-order valence-electron chi connectivity index (χ1n) is 7.51. The maximum Gasteiger partial charge on any atom is 0.278 e. The number of carbonyl (C=O) groups is 1. The summed E-state index contributed by atoms with van der Waals surface area (Å²) in [5, 5.41) is 23.2. The highest BCUT2D eigenvalue weighted by molar-refractivity contribution is 5.94. The number of hydrogen-bond donors (Lipinski definition) is 2. The van der Waals surface area contributed by atoms with Gasteiger partial charge in [-0.2, -0.15) is 5.10 Å². The summed E-state index contributed by atoms with van der Waals surface area (Å²) < 4.78 is 14.3. The molecule has 0 unspecified atom stereocenters. The molecule has 1 heterocycles. The molecule has 0 saturated carbocycles. The van der Waals surface area contributed by atoms with Gasteiger partial charge in [-0.05, 0) is 30.7 Å². The lowest BCUT2D eigenvalue weighted by atomic mass is 10.2. The van der Waals surface area contributed by atoms with Crippen LogP contribution in [0.4, 0.5) is 4.39 Å². The smallest absolute Gasteiger partial charge is 0.278 e. The molecule has 124 valence electrons. The maximum absolute atomic E-state index is 13.0. The Balaban J connectivity index is 2.25. The lowest BCUT2D eigenvalue weighted by Gasteiger charge is -2.20. The number of carbonyl (C=O) groups excluding carboxylic acids is 1. The minimum atomic E-state index is -0.439. The van der Waals surface area contributed by atoms with E-state index >= 15 is 0 Å². The average molecular weight is 321 g/mol. The molecule has 23 heavy (non-hydrogen) atoms. The summed E-state index contributed by atoms with van der Waals surface area (Å²) in [5.41, 5.74) is 0.446. The van der Waals surface area contributed by atoms with Gasteiger partial charge < -0.3 is 15.1 Å². The normalized spacial score (nSPS) is 10.7. The molecule has 0 aliphatic carbocycles. The van der Waals surface area contributed by atoms with Crippen LogP contribution in [0.3, 0.4) is 0 Å². The standard InChI is InChI=1S/C16H20FN3O3/c1-2-3-8-19(9-10-21)16(23)15-14(22)11-20(18-15)13-6-4-12(17)5-7-13/h4-7,11,21-22H,2-3,8-10H2,1H3. The first kappa shape index (κ1) is 17.0. The van der Waals surface area contributed by atoms with Gasteiger partial charge in [0.25, 0.3) is 5.91 Å². The van der Waals surface area contributed by atoms with Gasteiger partial charge in [-0.25, -0.2) is 9.07 Å². The molecule has 2 aromatic rings. The van der Waals surface area contributed by atoms with Crippen molar-refractivity contribution in [2.24, 2.45) is 0 Å². The second kappa shape index (κ2) is 7.73. The molecule has 2 rings (SSSR count). The molecule has 0 atom stereocenters. The molecule has 2 N–H and O–H groups in total. The molecule has 1 aromatic carbocycles. The highest BCUT2D eigenvalue weighted by Gasteiger charge is 2.22. The van der Waals surface area contributed by atoms with Crippen LogP contribution in [0.5, 0.6) is 5.75 Å². The number of unbranched alkanes of at least 4 members (excludes halogenated alkanes) is 1. The highest BCUT2D eigenvalue weighted by atomic mass is 19.1. The van der Waals surface area contributed by atoms with Crippen LogP contribution in [0.1, 0.15) is 30.3 Å². The molecule has 1 amide bonds. The van der Waals surface area contributed by atoms with Gasteiger partial charge in [0.15, 0.2) is 11.4 Å². The lowest BCUT2D eigenvalue weighted by molar-refractivity contribution is 0.0710. The Labute approximate surface area is 133 Å². The zero-order valence-corrected chi connectivity index (χ0v) is 12.9. The summed E-state index contributed by atoms with van der Waals surface area (Å²) in [7, 11) is 0. The van der Waals surface area contributed by atoms with Crippen molar-refractivity contribution < 1.29 is 19.4 Å². The van der Waals surface area contributed by atoms with Crippen molar-refractivity contribution in [2.45, 2.75) is 19.8 Å². The number of hydrogen-bond acceptors (Lipinski definition) is 4. The van der Waals surface area contributed by atoms with E-state index in [0.717, 1.165) is 12.8 Å². The molecule has 0 bridgehead atoms. The molecular weight excluding hydrogens is 301 g/mol. The van der Waals surface area contributed by atoms with E-state index in [4.69, 9.17) is 5.11 Å². The summed E-state index contributed by atoms with van der Waals surface area (Å²) in [4.78, 5) is 13.9. The Morgan fingerprint density at radius 3 is 2.61 bits per heavy atom. The van der Waals surface area contributed by atoms with E-state index in [1.807, 2.05) is 6.92 Å². The molecule has 0 aliphatic rings. The largest absolute Gasteiger partial charge is 0.504 e. The van der Waals surface area contributed by atoms with E-state index in [2.05, 4.69) is 5.10 Å². The summed E-state index contributed by atoms with van der Waals surface area (Å²) >= 11 is 0. The first-order chi connectivity index (χ1) is 11.1. The van der Waals surface area contributed by atoms with Crippen LogP contribution < -0.4 is 0 Å². The summed E-state index contributed by atoms with van der Waals surface area (Å²) in [5.74, 6) is -1.07. The third kappa shape index (κ3) is 4.07. The Hall–Kier alpha value is -2.41. The summed E-state index contributed by atoms with van der Waals surface area (Å²) in [6, 6.07) is 5.54. The Morgan fingerprint density at radius 1 is 1.30 bits per heavy atom. The third-order valence-electron chi connectivity index (χ3n) is 3.43. The van der Waals surface area contributed by atoms with Crippen molar-refractivity contribution in [1.29, 1.82) is 0 Å². The topological polar surface area (TPSA) is 78.6 Å². The fraction of sp³-hybridized carbons (Fsp3) is 0.375. The van der Waals surface area contributed by atoms with Gasteiger partial charge in [-0.3, -0.25) is 4.79 Å². The van der Waals surface area contributed by atoms with Crippen molar-refractivity contribution >= 4 is 5.91 Å². The maximum atomic E-state index is 13.0. The molecule has 0 aliphatic heterocycles. The van der Waals surface area contributed by atoms with Gasteiger partial charge in [0.2, 0.25) is 0 Å². The van der Waals surface area contributed by atoms with Crippen LogP contribution in [0.2, 0.25) is 0 Å². The Kier molecular flexibility index (Phi) is 5.70. The van der Waals surface area contributed by atoms with Gasteiger partial charge in [0.05, 0.1) is 18.5 Å². The van der Waals surface area contributed by atoms with E-state index in [1.54, 1.807) is 0 Å². The van der Waals surface area contributed by atoms with Gasteiger partial charge in [-0.1, -0.05) is 13.3 Å². The summed E-state index contributed by atoms with van der Waals surface area (Å²) in [6.45, 7) is 2.51. The number of rotatable bonds is 7. The summed E-state index contributed by atoms with van der Waals surface area (Å²) in [6.07, 6.45) is 3.01. The molecule has 0 fully saturated rings. The van der Waals surface area contributed by atoms with Gasteiger partial charge in [0.1, 0.15) is 5.82 Å². The average Bonchev–Trinajstić information content (AvgIpc) is 2.93. The molecule has 0 radical (unpaired) electrons. The highest BCUT2D eigenvalue weighted by Crippen LogP contribution is 2.20. The number of aliphatic hydroxyl groups is 1. The Bertz CT molecular complexity index is 655. The molecule has 7 heteroatoms. The molecule has 0 spiro atoms. The second-order valence-electron chi connectivity index (χ2n) is 5.15. The van der Waals surface area contributed by atoms with Gasteiger partial charge in [-0.15, -0.1) is 0 Å². The van der Waals surface area contributed by atoms with Crippen LogP contribution in [-0.4, -0.2) is 50.5 Å². The number of amides is 1. The fourth-order valence-electron chi connectivity index (χ4n) is 2.18. The van der Waals surface area contributed by atoms with Crippen LogP contribution in [0.25, 0.3) is 5.69 Å².